The van der Waals surface area contributed by atoms with Gasteiger partial charge in [0.2, 0.25) is 0 Å². The first-order valence-electron chi connectivity index (χ1n) is 7.52. The quantitative estimate of drug-likeness (QED) is 0.348. The molecule has 0 aliphatic rings. The lowest BCUT2D eigenvalue weighted by molar-refractivity contribution is -0.266. The van der Waals surface area contributed by atoms with E-state index in [-0.39, 0.29) is 16.8 Å². The molecule has 150 valence electrons. The van der Waals surface area contributed by atoms with Crippen molar-refractivity contribution in [2.75, 3.05) is 19.1 Å². The molecule has 0 radical (unpaired) electrons. The standard InChI is InChI=1S/C16H18ClF3N2O5/c1-9(2)12(17)21-27-14(24)22(3)11-7-5-10(6-8-11)15(25,13(23)26-4)16(18,19)20/h5-9,25H,1-4H3. The maximum atomic E-state index is 13.2. The number of methoxy groups -OCH3 is 1. The third-order valence-electron chi connectivity index (χ3n) is 3.52. The minimum absolute atomic E-state index is 0.0559. The summed E-state index contributed by atoms with van der Waals surface area (Å²) >= 11 is 5.74. The highest BCUT2D eigenvalue weighted by atomic mass is 35.5. The summed E-state index contributed by atoms with van der Waals surface area (Å²) in [5.74, 6) is -2.05. The number of nitrogens with zero attached hydrogens (tertiary/aromatic N) is 2. The van der Waals surface area contributed by atoms with Crippen LogP contribution in [-0.2, 0) is 20.0 Å². The van der Waals surface area contributed by atoms with Crippen molar-refractivity contribution in [1.82, 2.24) is 0 Å². The van der Waals surface area contributed by atoms with E-state index in [1.165, 1.54) is 7.05 Å². The number of alkyl halides is 3. The lowest BCUT2D eigenvalue weighted by atomic mass is 9.93. The van der Waals surface area contributed by atoms with Gasteiger partial charge in [-0.15, -0.1) is 0 Å². The Hall–Kier alpha value is -2.33. The molecule has 0 aliphatic heterocycles. The molecule has 1 rings (SSSR count). The minimum Gasteiger partial charge on any atom is -0.466 e. The molecule has 0 saturated carbocycles. The second-order valence-corrected chi connectivity index (χ2v) is 6.12. The second-order valence-electron chi connectivity index (χ2n) is 5.73. The largest absolute Gasteiger partial charge is 0.466 e. The monoisotopic (exact) mass is 410 g/mol. The van der Waals surface area contributed by atoms with Gasteiger partial charge in [-0.1, -0.05) is 42.7 Å². The number of hydrogen-bond donors (Lipinski definition) is 1. The number of esters is 1. The van der Waals surface area contributed by atoms with Crippen LogP contribution in [-0.4, -0.2) is 42.7 Å². The third kappa shape index (κ3) is 4.89. The maximum Gasteiger partial charge on any atom is 0.440 e. The molecular weight excluding hydrogens is 393 g/mol. The van der Waals surface area contributed by atoms with Crippen LogP contribution in [0.5, 0.6) is 0 Å². The number of ether oxygens (including phenoxy) is 1. The third-order valence-corrected chi connectivity index (χ3v) is 4.03. The van der Waals surface area contributed by atoms with E-state index < -0.39 is 29.4 Å². The zero-order chi connectivity index (χ0) is 21.0. The van der Waals surface area contributed by atoms with Crippen molar-refractivity contribution < 1.29 is 37.4 Å². The molecular formula is C16H18ClF3N2O5. The number of anilines is 1. The van der Waals surface area contributed by atoms with Crippen LogP contribution in [0.2, 0.25) is 0 Å². The Balaban J connectivity index is 3.08. The molecule has 0 fully saturated rings. The highest BCUT2D eigenvalue weighted by Gasteiger charge is 2.62. The van der Waals surface area contributed by atoms with E-state index in [0.29, 0.717) is 0 Å². The first-order valence-corrected chi connectivity index (χ1v) is 7.90. The van der Waals surface area contributed by atoms with E-state index in [9.17, 15) is 27.9 Å². The Kier molecular flexibility index (Phi) is 7.21. The average molecular weight is 411 g/mol. The second kappa shape index (κ2) is 8.57. The smallest absolute Gasteiger partial charge is 0.440 e. The van der Waals surface area contributed by atoms with Crippen LogP contribution in [0, 0.1) is 5.92 Å². The van der Waals surface area contributed by atoms with Crippen molar-refractivity contribution in [3.8, 4) is 0 Å². The van der Waals surface area contributed by atoms with Gasteiger partial charge in [-0.3, -0.25) is 9.74 Å². The molecule has 1 aromatic rings. The summed E-state index contributed by atoms with van der Waals surface area (Å²) in [6, 6.07) is 3.86. The summed E-state index contributed by atoms with van der Waals surface area (Å²) in [5, 5.41) is 13.4. The number of hydrogen-bond acceptors (Lipinski definition) is 6. The molecule has 1 amide bonds. The topological polar surface area (TPSA) is 88.4 Å². The zero-order valence-corrected chi connectivity index (χ0v) is 15.6. The van der Waals surface area contributed by atoms with E-state index >= 15 is 0 Å². The van der Waals surface area contributed by atoms with Crippen molar-refractivity contribution in [2.45, 2.75) is 25.6 Å². The van der Waals surface area contributed by atoms with Crippen LogP contribution in [0.1, 0.15) is 19.4 Å². The van der Waals surface area contributed by atoms with Gasteiger partial charge in [0.15, 0.2) is 0 Å². The van der Waals surface area contributed by atoms with Gasteiger partial charge < -0.3 is 9.84 Å². The number of oxime groups is 1. The molecule has 1 aromatic carbocycles. The Morgan fingerprint density at radius 1 is 1.22 bits per heavy atom. The Morgan fingerprint density at radius 3 is 2.15 bits per heavy atom. The lowest BCUT2D eigenvalue weighted by Gasteiger charge is -2.28. The summed E-state index contributed by atoms with van der Waals surface area (Å²) < 4.78 is 43.6. The van der Waals surface area contributed by atoms with Gasteiger partial charge in [0.25, 0.3) is 5.60 Å². The Labute approximate surface area is 158 Å². The Morgan fingerprint density at radius 2 is 1.74 bits per heavy atom. The fourth-order valence-corrected chi connectivity index (χ4v) is 1.86. The molecule has 11 heteroatoms. The summed E-state index contributed by atoms with van der Waals surface area (Å²) in [7, 11) is 2.01. The van der Waals surface area contributed by atoms with Gasteiger partial charge in [-0.05, 0) is 12.1 Å². The lowest BCUT2D eigenvalue weighted by Crippen LogP contribution is -2.49. The van der Waals surface area contributed by atoms with Gasteiger partial charge in [-0.2, -0.15) is 13.2 Å². The van der Waals surface area contributed by atoms with Crippen LogP contribution in [0.25, 0.3) is 0 Å². The van der Waals surface area contributed by atoms with Crippen molar-refractivity contribution in [1.29, 1.82) is 0 Å². The predicted molar refractivity (Wildman–Crippen MR) is 91.4 cm³/mol. The van der Waals surface area contributed by atoms with Crippen LogP contribution in [0.15, 0.2) is 29.4 Å². The normalized spacial score (nSPS) is 14.5. The van der Waals surface area contributed by atoms with Crippen LogP contribution in [0.4, 0.5) is 23.7 Å². The molecule has 1 unspecified atom stereocenters. The Bertz CT molecular complexity index is 722. The molecule has 0 heterocycles. The van der Waals surface area contributed by atoms with Gasteiger partial charge in [0.05, 0.1) is 7.11 Å². The molecule has 0 aromatic heterocycles. The molecule has 1 atom stereocenters. The van der Waals surface area contributed by atoms with E-state index in [2.05, 4.69) is 14.7 Å². The minimum atomic E-state index is -5.31. The zero-order valence-electron chi connectivity index (χ0n) is 14.9. The number of carbonyl (C=O) groups excluding carboxylic acids is 2. The number of carbonyl (C=O) groups is 2. The molecule has 1 N–H and O–H groups in total. The number of aliphatic hydroxyl groups is 1. The van der Waals surface area contributed by atoms with Crippen molar-refractivity contribution >= 4 is 34.5 Å². The van der Waals surface area contributed by atoms with Gasteiger partial charge in [0.1, 0.15) is 5.17 Å². The molecule has 0 aliphatic carbocycles. The summed E-state index contributed by atoms with van der Waals surface area (Å²) in [4.78, 5) is 29.0. The number of benzene rings is 1. The maximum absolute atomic E-state index is 13.2. The number of amides is 1. The molecule has 7 nitrogen and oxygen atoms in total. The van der Waals surface area contributed by atoms with Crippen LogP contribution >= 0.6 is 11.6 Å². The SMILES string of the molecule is COC(=O)C(O)(c1ccc(N(C)C(=O)ON=C(Cl)C(C)C)cc1)C(F)(F)F. The summed E-state index contributed by atoms with van der Waals surface area (Å²) in [5.41, 5.74) is -4.49. The predicted octanol–water partition coefficient (Wildman–Crippen LogP) is 3.39. The molecule has 0 saturated heterocycles. The number of halogens is 4. The van der Waals surface area contributed by atoms with E-state index in [0.717, 1.165) is 36.3 Å². The fraction of sp³-hybridized carbons (Fsp3) is 0.438. The number of rotatable bonds is 5. The van der Waals surface area contributed by atoms with E-state index in [1.54, 1.807) is 13.8 Å². The molecule has 0 bridgehead atoms. The van der Waals surface area contributed by atoms with E-state index in [4.69, 9.17) is 11.6 Å². The van der Waals surface area contributed by atoms with Crippen molar-refractivity contribution in [2.24, 2.45) is 11.1 Å². The van der Waals surface area contributed by atoms with Crippen molar-refractivity contribution in [3.63, 3.8) is 0 Å². The van der Waals surface area contributed by atoms with Crippen LogP contribution in [0.3, 0.4) is 0 Å². The van der Waals surface area contributed by atoms with Gasteiger partial charge in [0, 0.05) is 24.2 Å². The van der Waals surface area contributed by atoms with E-state index in [1.807, 2.05) is 0 Å². The molecule has 0 spiro atoms. The summed E-state index contributed by atoms with van der Waals surface area (Å²) in [6.45, 7) is 3.45. The highest BCUT2D eigenvalue weighted by Crippen LogP contribution is 2.40. The fourth-order valence-electron chi connectivity index (χ4n) is 1.83. The first-order chi connectivity index (χ1) is 12.4. The molecule has 27 heavy (non-hydrogen) atoms. The average Bonchev–Trinajstić information content (AvgIpc) is 2.62. The van der Waals surface area contributed by atoms with Crippen molar-refractivity contribution in [3.05, 3.63) is 29.8 Å². The summed E-state index contributed by atoms with van der Waals surface area (Å²) in [6.07, 6.45) is -6.25. The van der Waals surface area contributed by atoms with Gasteiger partial charge >= 0.3 is 18.2 Å². The first kappa shape index (κ1) is 22.7. The van der Waals surface area contributed by atoms with Gasteiger partial charge in [-0.25, -0.2) is 9.59 Å². The highest BCUT2D eigenvalue weighted by molar-refractivity contribution is 6.65. The van der Waals surface area contributed by atoms with Crippen LogP contribution < -0.4 is 4.90 Å².